The summed E-state index contributed by atoms with van der Waals surface area (Å²) in [6, 6.07) is 11.1. The highest BCUT2D eigenvalue weighted by molar-refractivity contribution is 6.12. The number of aromatic nitrogens is 3. The minimum atomic E-state index is -0.201. The third-order valence-corrected chi connectivity index (χ3v) is 7.06. The van der Waals surface area contributed by atoms with Crippen molar-refractivity contribution in [3.63, 3.8) is 0 Å². The first-order valence-corrected chi connectivity index (χ1v) is 12.2. The van der Waals surface area contributed by atoms with Gasteiger partial charge in [-0.2, -0.15) is 0 Å². The van der Waals surface area contributed by atoms with E-state index in [4.69, 9.17) is 10.5 Å². The summed E-state index contributed by atoms with van der Waals surface area (Å²) in [6.07, 6.45) is 8.36. The lowest BCUT2D eigenvalue weighted by atomic mass is 9.88. The van der Waals surface area contributed by atoms with E-state index in [1.165, 1.54) is 12.4 Å². The van der Waals surface area contributed by atoms with Crippen molar-refractivity contribution >= 4 is 16.8 Å². The second kappa shape index (κ2) is 11.6. The number of likely N-dealkylation sites (tertiary alicyclic amines) is 1. The highest BCUT2D eigenvalue weighted by Gasteiger charge is 2.29. The molecule has 1 aliphatic rings. The van der Waals surface area contributed by atoms with Gasteiger partial charge in [-0.3, -0.25) is 4.79 Å². The molecule has 4 aromatic rings. The molecule has 0 saturated carbocycles. The molecule has 3 heterocycles. The first-order chi connectivity index (χ1) is 17.6. The lowest BCUT2D eigenvalue weighted by Crippen LogP contribution is -2.38. The maximum absolute atomic E-state index is 14.6. The molecule has 2 aromatic heterocycles. The molecule has 0 spiro atoms. The van der Waals surface area contributed by atoms with Crippen LogP contribution in [0.3, 0.4) is 0 Å². The molecule has 0 unspecified atom stereocenters. The summed E-state index contributed by atoms with van der Waals surface area (Å²) in [6.45, 7) is 2.68. The lowest BCUT2D eigenvalue weighted by Gasteiger charge is -2.32. The minimum Gasteiger partial charge on any atom is -0.383 e. The fourth-order valence-electron chi connectivity index (χ4n) is 5.16. The zero-order valence-corrected chi connectivity index (χ0v) is 20.4. The molecule has 1 amide bonds. The second-order valence-corrected chi connectivity index (χ2v) is 9.18. The van der Waals surface area contributed by atoms with Crippen LogP contribution in [-0.4, -0.2) is 52.1 Å². The summed E-state index contributed by atoms with van der Waals surface area (Å²) < 4.78 is 21.9. The first-order valence-electron chi connectivity index (χ1n) is 12.2. The number of hydrogen-bond acceptors (Lipinski definition) is 5. The number of ether oxygens (including phenoxy) is 1. The Hall–Kier alpha value is -3.62. The molecular weight excluding hydrogens is 469 g/mol. The van der Waals surface area contributed by atoms with Gasteiger partial charge in [0.15, 0.2) is 0 Å². The maximum atomic E-state index is 14.6. The molecule has 1 aliphatic heterocycles. The van der Waals surface area contributed by atoms with Gasteiger partial charge < -0.3 is 19.9 Å². The number of methoxy groups -OCH3 is 1. The van der Waals surface area contributed by atoms with Gasteiger partial charge in [0.25, 0.3) is 5.91 Å². The van der Waals surface area contributed by atoms with Crippen LogP contribution in [0.15, 0.2) is 61.3 Å². The summed E-state index contributed by atoms with van der Waals surface area (Å²) >= 11 is 0. The molecule has 0 bridgehead atoms. The van der Waals surface area contributed by atoms with Crippen molar-refractivity contribution in [2.45, 2.75) is 39.3 Å². The highest BCUT2D eigenvalue weighted by Crippen LogP contribution is 2.35. The molecule has 194 valence electrons. The van der Waals surface area contributed by atoms with Gasteiger partial charge in [-0.15, -0.1) is 0 Å². The fraction of sp³-hybridized carbons (Fsp3) is 0.345. The standard InChI is InChI=1S/C28H30FN5O2.CH4/c1-36-12-11-34-17-24(27-22(3-2-4-26(27)34)21-15-31-18-32-16-21)28(35)33-9-7-20(8-10-33)23-13-19(14-30)5-6-25(23)29;/h2-6,13,15-18,20H,7-12,14,30H2,1H3;1H4. The molecule has 0 radical (unpaired) electrons. The van der Waals surface area contributed by atoms with E-state index in [9.17, 15) is 9.18 Å². The zero-order valence-electron chi connectivity index (χ0n) is 20.4. The third-order valence-electron chi connectivity index (χ3n) is 7.06. The molecule has 5 rings (SSSR count). The molecule has 8 heteroatoms. The van der Waals surface area contributed by atoms with Crippen LogP contribution < -0.4 is 5.73 Å². The van der Waals surface area contributed by atoms with Crippen LogP contribution in [0.2, 0.25) is 0 Å². The Balaban J connectivity index is 0.00000320. The SMILES string of the molecule is C.COCCn1cc(C(=O)N2CCC(c3cc(CN)ccc3F)CC2)c2c(-c3cncnc3)cccc21. The van der Waals surface area contributed by atoms with Crippen molar-refractivity contribution in [2.24, 2.45) is 5.73 Å². The Bertz CT molecular complexity index is 1360. The largest absolute Gasteiger partial charge is 0.383 e. The number of rotatable bonds is 7. The van der Waals surface area contributed by atoms with E-state index in [0.717, 1.165) is 27.6 Å². The van der Waals surface area contributed by atoms with E-state index < -0.39 is 0 Å². The van der Waals surface area contributed by atoms with Crippen LogP contribution in [0, 0.1) is 5.82 Å². The summed E-state index contributed by atoms with van der Waals surface area (Å²) in [5, 5.41) is 0.886. The number of nitrogens with zero attached hydrogens (tertiary/aromatic N) is 4. The van der Waals surface area contributed by atoms with Crippen LogP contribution in [0.5, 0.6) is 0 Å². The molecule has 0 atom stereocenters. The molecule has 37 heavy (non-hydrogen) atoms. The summed E-state index contributed by atoms with van der Waals surface area (Å²) in [7, 11) is 1.67. The van der Waals surface area contributed by atoms with Crippen molar-refractivity contribution in [2.75, 3.05) is 26.8 Å². The number of hydrogen-bond donors (Lipinski definition) is 1. The zero-order chi connectivity index (χ0) is 25.1. The molecule has 1 saturated heterocycles. The lowest BCUT2D eigenvalue weighted by molar-refractivity contribution is 0.0714. The number of amides is 1. The summed E-state index contributed by atoms with van der Waals surface area (Å²) in [5.74, 6) is -0.149. The number of carbonyl (C=O) groups is 1. The first kappa shape index (κ1) is 26.4. The second-order valence-electron chi connectivity index (χ2n) is 9.18. The van der Waals surface area contributed by atoms with E-state index in [-0.39, 0.29) is 25.1 Å². The van der Waals surface area contributed by atoms with Gasteiger partial charge in [0.05, 0.1) is 12.2 Å². The van der Waals surface area contributed by atoms with Crippen LogP contribution in [0.1, 0.15) is 47.7 Å². The number of piperidine rings is 1. The number of benzene rings is 2. The monoisotopic (exact) mass is 503 g/mol. The van der Waals surface area contributed by atoms with Crippen LogP contribution in [0.4, 0.5) is 4.39 Å². The molecule has 2 aromatic carbocycles. The van der Waals surface area contributed by atoms with E-state index in [2.05, 4.69) is 14.5 Å². The van der Waals surface area contributed by atoms with E-state index >= 15 is 0 Å². The number of halogens is 1. The highest BCUT2D eigenvalue weighted by atomic mass is 19.1. The van der Waals surface area contributed by atoms with Gasteiger partial charge in [0.1, 0.15) is 12.1 Å². The van der Waals surface area contributed by atoms with Crippen molar-refractivity contribution < 1.29 is 13.9 Å². The number of nitrogens with two attached hydrogens (primary N) is 1. The predicted molar refractivity (Wildman–Crippen MR) is 144 cm³/mol. The third kappa shape index (κ3) is 5.26. The van der Waals surface area contributed by atoms with E-state index in [1.807, 2.05) is 35.4 Å². The Labute approximate surface area is 217 Å². The normalized spacial score (nSPS) is 14.1. The van der Waals surface area contributed by atoms with Gasteiger partial charge in [-0.1, -0.05) is 31.7 Å². The quantitative estimate of drug-likeness (QED) is 0.384. The van der Waals surface area contributed by atoms with Crippen molar-refractivity contribution in [1.29, 1.82) is 0 Å². The molecule has 0 aliphatic carbocycles. The van der Waals surface area contributed by atoms with Crippen LogP contribution in [-0.2, 0) is 17.8 Å². The van der Waals surface area contributed by atoms with Crippen molar-refractivity contribution in [1.82, 2.24) is 19.4 Å². The topological polar surface area (TPSA) is 86.3 Å². The molecule has 7 nitrogen and oxygen atoms in total. The van der Waals surface area contributed by atoms with Gasteiger partial charge >= 0.3 is 0 Å². The van der Waals surface area contributed by atoms with Gasteiger partial charge in [0.2, 0.25) is 0 Å². The average molecular weight is 504 g/mol. The minimum absolute atomic E-state index is 0. The molecule has 2 N–H and O–H groups in total. The Morgan fingerprint density at radius 3 is 2.62 bits per heavy atom. The van der Waals surface area contributed by atoms with Gasteiger partial charge in [-0.25, -0.2) is 14.4 Å². The number of carbonyl (C=O) groups excluding carboxylic acids is 1. The fourth-order valence-corrected chi connectivity index (χ4v) is 5.16. The van der Waals surface area contributed by atoms with Gasteiger partial charge in [-0.05, 0) is 47.6 Å². The molecular formula is C29H34FN5O2. The van der Waals surface area contributed by atoms with Crippen LogP contribution >= 0.6 is 0 Å². The van der Waals surface area contributed by atoms with Gasteiger partial charge in [0, 0.05) is 68.3 Å². The maximum Gasteiger partial charge on any atom is 0.256 e. The predicted octanol–water partition coefficient (Wildman–Crippen LogP) is 5.00. The Kier molecular flexibility index (Phi) is 8.31. The summed E-state index contributed by atoms with van der Waals surface area (Å²) in [5.41, 5.74) is 10.8. The Morgan fingerprint density at radius 2 is 1.92 bits per heavy atom. The Morgan fingerprint density at radius 1 is 1.16 bits per heavy atom. The van der Waals surface area contributed by atoms with E-state index in [1.54, 1.807) is 25.6 Å². The summed E-state index contributed by atoms with van der Waals surface area (Å²) in [4.78, 5) is 24.1. The average Bonchev–Trinajstić information content (AvgIpc) is 3.31. The van der Waals surface area contributed by atoms with E-state index in [0.29, 0.717) is 56.8 Å². The van der Waals surface area contributed by atoms with Crippen molar-refractivity contribution in [3.8, 4) is 11.1 Å². The molecule has 1 fully saturated rings. The number of fused-ring (bicyclic) bond motifs is 1. The van der Waals surface area contributed by atoms with Crippen LogP contribution in [0.25, 0.3) is 22.0 Å². The van der Waals surface area contributed by atoms with Crippen molar-refractivity contribution in [3.05, 3.63) is 83.8 Å². The smallest absolute Gasteiger partial charge is 0.256 e.